The van der Waals surface area contributed by atoms with Crippen LogP contribution in [0.15, 0.2) is 53.3 Å². The number of hydrogen-bond acceptors (Lipinski definition) is 4. The summed E-state index contributed by atoms with van der Waals surface area (Å²) >= 11 is 5.86. The Morgan fingerprint density at radius 2 is 1.72 bits per heavy atom. The maximum absolute atomic E-state index is 13.1. The normalized spacial score (nSPS) is 10.6. The summed E-state index contributed by atoms with van der Waals surface area (Å²) in [7, 11) is 0. The van der Waals surface area contributed by atoms with Crippen molar-refractivity contribution in [1.82, 2.24) is 4.57 Å². The molecular weight excluding hydrogens is 395 g/mol. The average molecular weight is 411 g/mol. The molecule has 0 aliphatic rings. The number of pyridine rings is 1. The van der Waals surface area contributed by atoms with Crippen molar-refractivity contribution in [3.8, 4) is 11.9 Å². The molecule has 1 heterocycles. The van der Waals surface area contributed by atoms with Gasteiger partial charge in [0.2, 0.25) is 5.88 Å². The van der Waals surface area contributed by atoms with Crippen LogP contribution in [0.5, 0.6) is 5.88 Å². The number of aromatic nitrogens is 1. The molecule has 0 aliphatic carbocycles. The second kappa shape index (κ2) is 8.29. The van der Waals surface area contributed by atoms with Gasteiger partial charge in [0, 0.05) is 11.4 Å². The third-order valence-corrected chi connectivity index (χ3v) is 4.86. The predicted molar refractivity (Wildman–Crippen MR) is 107 cm³/mol. The molecule has 0 bridgehead atoms. The highest BCUT2D eigenvalue weighted by atomic mass is 35.5. The van der Waals surface area contributed by atoms with E-state index in [0.29, 0.717) is 16.1 Å². The Morgan fingerprint density at radius 3 is 2.31 bits per heavy atom. The molecule has 0 saturated carbocycles. The van der Waals surface area contributed by atoms with Gasteiger partial charge in [-0.05, 0) is 47.9 Å². The summed E-state index contributed by atoms with van der Waals surface area (Å²) in [6, 6.07) is 13.9. The molecule has 3 rings (SSSR count). The van der Waals surface area contributed by atoms with E-state index in [1.54, 1.807) is 24.3 Å². The minimum atomic E-state index is -0.713. The van der Waals surface area contributed by atoms with E-state index in [4.69, 9.17) is 11.6 Å². The van der Waals surface area contributed by atoms with Crippen LogP contribution >= 0.6 is 11.6 Å². The van der Waals surface area contributed by atoms with Crippen LogP contribution in [-0.4, -0.2) is 15.5 Å². The maximum atomic E-state index is 13.1. The molecule has 146 valence electrons. The number of nitriles is 1. The van der Waals surface area contributed by atoms with E-state index in [2.05, 4.69) is 0 Å². The van der Waals surface area contributed by atoms with Crippen LogP contribution in [-0.2, 0) is 13.0 Å². The summed E-state index contributed by atoms with van der Waals surface area (Å²) in [6.45, 7) is 1.35. The molecule has 1 N–H and O–H groups in total. The third-order valence-electron chi connectivity index (χ3n) is 4.61. The SMILES string of the molecule is Cc1c(C(=O)Cc2ccc(Cl)cc2)c(O)n(Cc2ccc(F)cc2)c(=O)c1C#N. The fraction of sp³-hybridized carbons (Fsp3) is 0.136. The second-order valence-corrected chi connectivity index (χ2v) is 6.99. The molecule has 0 fully saturated rings. The molecule has 0 saturated heterocycles. The fourth-order valence-electron chi connectivity index (χ4n) is 3.08. The fourth-order valence-corrected chi connectivity index (χ4v) is 3.21. The zero-order chi connectivity index (χ0) is 21.1. The van der Waals surface area contributed by atoms with Crippen LogP contribution in [0.1, 0.15) is 32.6 Å². The molecule has 29 heavy (non-hydrogen) atoms. The number of Topliss-reactive ketones (excluding diaryl/α,β-unsaturated/α-hetero) is 1. The Balaban J connectivity index is 2.07. The monoisotopic (exact) mass is 410 g/mol. The average Bonchev–Trinajstić information content (AvgIpc) is 2.69. The summed E-state index contributed by atoms with van der Waals surface area (Å²) in [5, 5.41) is 20.7. The van der Waals surface area contributed by atoms with Crippen molar-refractivity contribution >= 4 is 17.4 Å². The molecule has 1 aromatic heterocycles. The number of benzene rings is 2. The van der Waals surface area contributed by atoms with Gasteiger partial charge < -0.3 is 5.11 Å². The second-order valence-electron chi connectivity index (χ2n) is 6.55. The predicted octanol–water partition coefficient (Wildman–Crippen LogP) is 4.00. The Labute approximate surface area is 171 Å². The zero-order valence-electron chi connectivity index (χ0n) is 15.4. The smallest absolute Gasteiger partial charge is 0.271 e. The first-order valence-electron chi connectivity index (χ1n) is 8.70. The van der Waals surface area contributed by atoms with Gasteiger partial charge in [-0.25, -0.2) is 4.39 Å². The van der Waals surface area contributed by atoms with Gasteiger partial charge in [-0.2, -0.15) is 5.26 Å². The van der Waals surface area contributed by atoms with Crippen LogP contribution < -0.4 is 5.56 Å². The number of nitrogens with zero attached hydrogens (tertiary/aromatic N) is 2. The first-order valence-corrected chi connectivity index (χ1v) is 9.08. The van der Waals surface area contributed by atoms with E-state index in [0.717, 1.165) is 4.57 Å². The molecule has 2 aromatic carbocycles. The first-order chi connectivity index (χ1) is 13.8. The molecular formula is C22H16ClFN2O3. The minimum absolute atomic E-state index is 0.0365. The standard InChI is InChI=1S/C22H16ClFN2O3/c1-13-18(11-25)21(28)26(12-15-4-8-17(24)9-5-15)22(29)20(13)19(27)10-14-2-6-16(23)7-3-14/h2-9,29H,10,12H2,1H3. The highest BCUT2D eigenvalue weighted by Gasteiger charge is 2.24. The number of carbonyl (C=O) groups excluding carboxylic acids is 1. The summed E-state index contributed by atoms with van der Waals surface area (Å²) in [5.74, 6) is -1.40. The van der Waals surface area contributed by atoms with Crippen LogP contribution in [0, 0.1) is 24.1 Å². The Hall–Kier alpha value is -3.43. The van der Waals surface area contributed by atoms with E-state index in [-0.39, 0.29) is 29.7 Å². The molecule has 3 aromatic rings. The molecule has 0 amide bonds. The Kier molecular flexibility index (Phi) is 5.81. The van der Waals surface area contributed by atoms with Crippen LogP contribution in [0.3, 0.4) is 0 Å². The molecule has 0 unspecified atom stereocenters. The number of halogens is 2. The minimum Gasteiger partial charge on any atom is -0.494 e. The van der Waals surface area contributed by atoms with Gasteiger partial charge in [0.15, 0.2) is 5.78 Å². The van der Waals surface area contributed by atoms with Crippen LogP contribution in [0.4, 0.5) is 4.39 Å². The number of carbonyl (C=O) groups is 1. The molecule has 0 atom stereocenters. The Morgan fingerprint density at radius 1 is 1.14 bits per heavy atom. The van der Waals surface area contributed by atoms with E-state index >= 15 is 0 Å². The summed E-state index contributed by atoms with van der Waals surface area (Å²) < 4.78 is 14.1. The van der Waals surface area contributed by atoms with E-state index in [1.165, 1.54) is 31.2 Å². The number of ketones is 1. The number of hydrogen-bond donors (Lipinski definition) is 1. The van der Waals surface area contributed by atoms with Crippen molar-refractivity contribution in [2.45, 2.75) is 19.9 Å². The van der Waals surface area contributed by atoms with E-state index in [9.17, 15) is 24.3 Å². The first kappa shape index (κ1) is 20.3. The lowest BCUT2D eigenvalue weighted by Crippen LogP contribution is -2.27. The topological polar surface area (TPSA) is 83.1 Å². The van der Waals surface area contributed by atoms with Crippen molar-refractivity contribution in [2.75, 3.05) is 0 Å². The van der Waals surface area contributed by atoms with Crippen LogP contribution in [0.2, 0.25) is 5.02 Å². The summed E-state index contributed by atoms with van der Waals surface area (Å²) in [4.78, 5) is 25.6. The number of rotatable bonds is 5. The van der Waals surface area contributed by atoms with Crippen molar-refractivity contribution in [3.05, 3.63) is 97.5 Å². The molecule has 7 heteroatoms. The van der Waals surface area contributed by atoms with Gasteiger partial charge in [0.25, 0.3) is 5.56 Å². The lowest BCUT2D eigenvalue weighted by molar-refractivity contribution is 0.0988. The largest absolute Gasteiger partial charge is 0.494 e. The summed E-state index contributed by atoms with van der Waals surface area (Å²) in [6.07, 6.45) is -0.0365. The van der Waals surface area contributed by atoms with Gasteiger partial charge >= 0.3 is 0 Å². The van der Waals surface area contributed by atoms with Crippen molar-refractivity contribution in [3.63, 3.8) is 0 Å². The summed E-state index contributed by atoms with van der Waals surface area (Å²) in [5.41, 5.74) is 0.322. The van der Waals surface area contributed by atoms with Crippen molar-refractivity contribution in [2.24, 2.45) is 0 Å². The van der Waals surface area contributed by atoms with Crippen LogP contribution in [0.25, 0.3) is 0 Å². The highest BCUT2D eigenvalue weighted by Crippen LogP contribution is 2.25. The molecule has 0 spiro atoms. The van der Waals surface area contributed by atoms with Gasteiger partial charge in [0.05, 0.1) is 12.1 Å². The number of aromatic hydroxyl groups is 1. The lowest BCUT2D eigenvalue weighted by atomic mass is 9.97. The molecule has 0 aliphatic heterocycles. The molecule has 5 nitrogen and oxygen atoms in total. The zero-order valence-corrected chi connectivity index (χ0v) is 16.2. The lowest BCUT2D eigenvalue weighted by Gasteiger charge is -2.16. The van der Waals surface area contributed by atoms with Crippen molar-refractivity contribution < 1.29 is 14.3 Å². The third kappa shape index (κ3) is 4.20. The highest BCUT2D eigenvalue weighted by molar-refractivity contribution is 6.30. The van der Waals surface area contributed by atoms with Crippen molar-refractivity contribution in [1.29, 1.82) is 5.26 Å². The maximum Gasteiger partial charge on any atom is 0.271 e. The van der Waals surface area contributed by atoms with E-state index < -0.39 is 23.0 Å². The van der Waals surface area contributed by atoms with Gasteiger partial charge in [-0.15, -0.1) is 0 Å². The van der Waals surface area contributed by atoms with Gasteiger partial charge in [-0.1, -0.05) is 35.9 Å². The quantitative estimate of drug-likeness (QED) is 0.644. The van der Waals surface area contributed by atoms with Gasteiger partial charge in [-0.3, -0.25) is 14.2 Å². The molecule has 0 radical (unpaired) electrons. The van der Waals surface area contributed by atoms with E-state index in [1.807, 2.05) is 6.07 Å². The Bertz CT molecular complexity index is 1180. The van der Waals surface area contributed by atoms with Gasteiger partial charge in [0.1, 0.15) is 17.4 Å².